The molecule has 0 bridgehead atoms. The molecule has 3 heterocycles. The fraction of sp³-hybridized carbons (Fsp3) is 0.697. The van der Waals surface area contributed by atoms with Crippen molar-refractivity contribution in [1.82, 2.24) is 5.32 Å². The third-order valence-corrected chi connectivity index (χ3v) is 19.6. The van der Waals surface area contributed by atoms with Crippen molar-refractivity contribution >= 4 is 5.91 Å². The van der Waals surface area contributed by atoms with E-state index in [1.165, 1.54) is 122 Å². The molecule has 1 amide bonds. The lowest BCUT2D eigenvalue weighted by molar-refractivity contribution is -0.379. The number of rotatable bonds is 64. The van der Waals surface area contributed by atoms with Crippen LogP contribution in [0.25, 0.3) is 0 Å². The number of carbonyl (C=O) groups excluding carboxylic acids is 1. The van der Waals surface area contributed by atoms with Crippen LogP contribution in [0.1, 0.15) is 264 Å². The molecule has 17 atom stereocenters. The predicted octanol–water partition coefficient (Wildman–Crippen LogP) is 14.8. The van der Waals surface area contributed by atoms with Gasteiger partial charge >= 0.3 is 0 Å². The number of ether oxygens (including phenoxy) is 6. The van der Waals surface area contributed by atoms with E-state index in [4.69, 9.17) is 28.4 Å². The first-order chi connectivity index (χ1) is 52.8. The van der Waals surface area contributed by atoms with E-state index in [0.717, 1.165) is 116 Å². The monoisotopic (exact) mass is 1520 g/mol. The van der Waals surface area contributed by atoms with Crippen molar-refractivity contribution in [3.63, 3.8) is 0 Å². The second-order valence-corrected chi connectivity index (χ2v) is 28.9. The molecule has 3 saturated heterocycles. The van der Waals surface area contributed by atoms with Crippen LogP contribution in [0.4, 0.5) is 0 Å². The van der Waals surface area contributed by atoms with Crippen LogP contribution < -0.4 is 5.32 Å². The summed E-state index contributed by atoms with van der Waals surface area (Å²) >= 11 is 0. The van der Waals surface area contributed by atoms with E-state index < -0.39 is 124 Å². The van der Waals surface area contributed by atoms with Crippen molar-refractivity contribution in [2.24, 2.45) is 0 Å². The van der Waals surface area contributed by atoms with Crippen molar-refractivity contribution in [1.29, 1.82) is 0 Å². The molecule has 12 N–H and O–H groups in total. The minimum Gasteiger partial charge on any atom is -0.394 e. The number of aliphatic hydroxyl groups excluding tert-OH is 11. The highest BCUT2D eigenvalue weighted by Gasteiger charge is 2.54. The molecular weight excluding hydrogens is 1370 g/mol. The van der Waals surface area contributed by atoms with Crippen molar-refractivity contribution in [3.05, 3.63) is 158 Å². The zero-order chi connectivity index (χ0) is 78.1. The Bertz CT molecular complexity index is 2570. The van der Waals surface area contributed by atoms with Crippen LogP contribution in [0.3, 0.4) is 0 Å². The minimum atomic E-state index is -1.99. The zero-order valence-corrected chi connectivity index (χ0v) is 66.0. The molecule has 0 aliphatic carbocycles. The fourth-order valence-corrected chi connectivity index (χ4v) is 12.9. The predicted molar refractivity (Wildman–Crippen MR) is 433 cm³/mol. The smallest absolute Gasteiger partial charge is 0.220 e. The molecule has 3 fully saturated rings. The minimum absolute atomic E-state index is 0.178. The SMILES string of the molecule is CC/C=C\C/C=C\C/C=C\C/C=C\C/C=C\C/C=C\C/C=C\C/C=C\C/C=C\C/C=C\C/C=C\C/C=C\CCCCC(=O)NC(COC1OC(CO)C(OC2OC(CO)C(OC3OC(CO)C(O)C(O)C3O)C(O)C2O)C(O)C1O)C(O)/C=C/CCCCCCCCCCCCCCCCCCCCCCCC. The van der Waals surface area contributed by atoms with Gasteiger partial charge in [-0.3, -0.25) is 4.79 Å². The normalized spacial score (nSPS) is 26.2. The average molecular weight is 1520 g/mol. The van der Waals surface area contributed by atoms with Gasteiger partial charge < -0.3 is 89.9 Å². The Hall–Kier alpha value is -4.59. The molecule has 19 nitrogen and oxygen atoms in total. The highest BCUT2D eigenvalue weighted by molar-refractivity contribution is 5.76. The topological polar surface area (TPSA) is 307 Å². The number of hydrogen-bond acceptors (Lipinski definition) is 18. The van der Waals surface area contributed by atoms with Gasteiger partial charge in [0.15, 0.2) is 18.9 Å². The van der Waals surface area contributed by atoms with Gasteiger partial charge in [-0.25, -0.2) is 0 Å². The van der Waals surface area contributed by atoms with E-state index in [9.17, 15) is 61.0 Å². The number of hydrogen-bond donors (Lipinski definition) is 12. The Morgan fingerprint density at radius 2 is 0.639 bits per heavy atom. The summed E-state index contributed by atoms with van der Waals surface area (Å²) in [4.78, 5) is 13.5. The lowest BCUT2D eigenvalue weighted by Crippen LogP contribution is -2.66. The number of amides is 1. The Morgan fingerprint density at radius 1 is 0.343 bits per heavy atom. The average Bonchev–Trinajstić information content (AvgIpc) is 0.775. The summed E-state index contributed by atoms with van der Waals surface area (Å²) < 4.78 is 34.4. The van der Waals surface area contributed by atoms with Crippen molar-refractivity contribution in [2.75, 3.05) is 26.4 Å². The van der Waals surface area contributed by atoms with Gasteiger partial charge in [0.1, 0.15) is 73.2 Å². The van der Waals surface area contributed by atoms with E-state index in [0.29, 0.717) is 6.42 Å². The number of allylic oxidation sites excluding steroid dienone is 25. The molecular formula is C89H147NO18. The van der Waals surface area contributed by atoms with Crippen LogP contribution in [0.15, 0.2) is 158 Å². The standard InChI is InChI=1S/C89H147NO18/c1-3-5-7-9-11-13-15-17-19-21-23-25-27-29-30-31-32-33-34-35-36-37-38-39-40-41-42-43-45-47-49-51-53-55-57-59-61-63-65-67-77(95)90-72(73(94)66-64-62-60-58-56-54-52-50-48-46-44-28-26-24-22-20-18-16-14-12-10-8-6-4-2)71-103-87-83(101)80(98)85(75(69-92)105-87)108-89-84(102)81(99)86(76(70-93)106-89)107-88-82(100)79(97)78(96)74(68-91)104-88/h5,7,11,13,17,19,23,25,29-30,32-33,35-36,38-39,41-42,45,47,51,53,57,59,64,66,72-76,78-89,91-94,96-102H,3-4,6,8-10,12,14-16,18,20-22,24,26-28,31,34,37,40,43-44,46,48-50,52,54-56,58,60-63,65,67-71H2,1-2H3,(H,90,95)/b7-5-,13-11-,19-17-,25-23-,30-29-,33-32-,36-35-,39-38-,42-41-,47-45-,53-51-,59-57-,66-64+. The molecule has 0 saturated carbocycles. The second-order valence-electron chi connectivity index (χ2n) is 28.9. The lowest BCUT2D eigenvalue weighted by atomic mass is 9.96. The molecule has 0 aromatic rings. The molecule has 0 aromatic carbocycles. The van der Waals surface area contributed by atoms with Crippen molar-refractivity contribution in [2.45, 2.75) is 369 Å². The van der Waals surface area contributed by atoms with Crippen LogP contribution in [-0.2, 0) is 33.2 Å². The first kappa shape index (κ1) is 97.6. The molecule has 3 aliphatic rings. The largest absolute Gasteiger partial charge is 0.394 e. The summed E-state index contributed by atoms with van der Waals surface area (Å²) in [7, 11) is 0. The van der Waals surface area contributed by atoms with E-state index in [1.54, 1.807) is 6.08 Å². The molecule has 616 valence electrons. The number of nitrogens with one attached hydrogen (secondary N) is 1. The van der Waals surface area contributed by atoms with Crippen LogP contribution in [0.2, 0.25) is 0 Å². The maximum Gasteiger partial charge on any atom is 0.220 e. The van der Waals surface area contributed by atoms with Gasteiger partial charge in [0, 0.05) is 6.42 Å². The third-order valence-electron chi connectivity index (χ3n) is 19.6. The summed E-state index contributed by atoms with van der Waals surface area (Å²) in [5, 5.41) is 121. The zero-order valence-electron chi connectivity index (χ0n) is 66.0. The molecule has 0 spiro atoms. The molecule has 0 radical (unpaired) electrons. The van der Waals surface area contributed by atoms with Gasteiger partial charge in [-0.05, 0) is 109 Å². The molecule has 3 rings (SSSR count). The summed E-state index contributed by atoms with van der Waals surface area (Å²) in [5.74, 6) is -0.322. The Balaban J connectivity index is 1.39. The first-order valence-corrected chi connectivity index (χ1v) is 41.7. The lowest BCUT2D eigenvalue weighted by Gasteiger charge is -2.48. The van der Waals surface area contributed by atoms with Crippen LogP contribution >= 0.6 is 0 Å². The van der Waals surface area contributed by atoms with Gasteiger partial charge in [0.2, 0.25) is 5.91 Å². The van der Waals surface area contributed by atoms with Gasteiger partial charge in [-0.15, -0.1) is 0 Å². The Labute approximate surface area is 650 Å². The number of carbonyl (C=O) groups is 1. The maximum atomic E-state index is 13.5. The van der Waals surface area contributed by atoms with E-state index in [1.807, 2.05) is 6.08 Å². The van der Waals surface area contributed by atoms with Gasteiger partial charge in [0.05, 0.1) is 38.6 Å². The van der Waals surface area contributed by atoms with Gasteiger partial charge in [-0.1, -0.05) is 307 Å². The van der Waals surface area contributed by atoms with Crippen molar-refractivity contribution in [3.8, 4) is 0 Å². The van der Waals surface area contributed by atoms with E-state index in [-0.39, 0.29) is 18.9 Å². The molecule has 108 heavy (non-hydrogen) atoms. The maximum absolute atomic E-state index is 13.5. The third kappa shape index (κ3) is 45.8. The fourth-order valence-electron chi connectivity index (χ4n) is 12.9. The highest BCUT2D eigenvalue weighted by atomic mass is 16.8. The van der Waals surface area contributed by atoms with E-state index >= 15 is 0 Å². The van der Waals surface area contributed by atoms with Gasteiger partial charge in [0.25, 0.3) is 0 Å². The second kappa shape index (κ2) is 67.0. The molecule has 0 aromatic heterocycles. The van der Waals surface area contributed by atoms with Crippen LogP contribution in [0, 0.1) is 0 Å². The number of unbranched alkanes of at least 4 members (excludes halogenated alkanes) is 24. The Kier molecular flexibility index (Phi) is 60.5. The van der Waals surface area contributed by atoms with Crippen LogP contribution in [0.5, 0.6) is 0 Å². The Morgan fingerprint density at radius 3 is 1.00 bits per heavy atom. The van der Waals surface area contributed by atoms with Gasteiger partial charge in [-0.2, -0.15) is 0 Å². The quantitative estimate of drug-likeness (QED) is 0.0199. The number of aliphatic hydroxyl groups is 11. The van der Waals surface area contributed by atoms with E-state index in [2.05, 4.69) is 165 Å². The summed E-state index contributed by atoms with van der Waals surface area (Å²) in [5.41, 5.74) is 0. The van der Waals surface area contributed by atoms with Crippen LogP contribution in [-0.4, -0.2) is 193 Å². The summed E-state index contributed by atoms with van der Waals surface area (Å²) in [6.07, 6.45) is 72.2. The summed E-state index contributed by atoms with van der Waals surface area (Å²) in [6, 6.07) is -1.01. The molecule has 19 heteroatoms. The molecule has 3 aliphatic heterocycles. The van der Waals surface area contributed by atoms with Crippen molar-refractivity contribution < 1.29 is 89.4 Å². The summed E-state index contributed by atoms with van der Waals surface area (Å²) in [6.45, 7) is 1.60. The highest BCUT2D eigenvalue weighted by Crippen LogP contribution is 2.33. The first-order valence-electron chi connectivity index (χ1n) is 41.7. The molecule has 17 unspecified atom stereocenters.